The number of alkyl carbamates (subject to hydrolysis) is 1. The van der Waals surface area contributed by atoms with Gasteiger partial charge >= 0.3 is 6.09 Å². The van der Waals surface area contributed by atoms with E-state index in [1.54, 1.807) is 6.92 Å². The molecule has 94 valence electrons. The van der Waals surface area contributed by atoms with Crippen LogP contribution in [0.3, 0.4) is 0 Å². The predicted molar refractivity (Wildman–Crippen MR) is 66.3 cm³/mol. The highest BCUT2D eigenvalue weighted by Crippen LogP contribution is 2.13. The number of carbonyl (C=O) groups excluding carboxylic acids is 1. The van der Waals surface area contributed by atoms with Gasteiger partial charge in [-0.1, -0.05) is 19.1 Å². The summed E-state index contributed by atoms with van der Waals surface area (Å²) in [6.07, 6.45) is 0.580. The molecule has 0 saturated carbocycles. The first-order chi connectivity index (χ1) is 8.26. The van der Waals surface area contributed by atoms with Crippen LogP contribution in [-0.4, -0.2) is 25.9 Å². The fourth-order valence-corrected chi connectivity index (χ4v) is 1.36. The zero-order valence-corrected chi connectivity index (χ0v) is 10.4. The van der Waals surface area contributed by atoms with Gasteiger partial charge in [0.2, 0.25) is 0 Å². The van der Waals surface area contributed by atoms with E-state index in [2.05, 4.69) is 18.3 Å². The van der Waals surface area contributed by atoms with Crippen molar-refractivity contribution in [1.29, 1.82) is 0 Å². The first-order valence-corrected chi connectivity index (χ1v) is 5.88. The van der Waals surface area contributed by atoms with Crippen LogP contribution >= 0.6 is 0 Å². The Hall–Kier alpha value is -1.71. The van der Waals surface area contributed by atoms with Gasteiger partial charge in [-0.2, -0.15) is 0 Å². The molecule has 0 bridgehead atoms. The van der Waals surface area contributed by atoms with Crippen LogP contribution in [0.4, 0.5) is 4.79 Å². The quantitative estimate of drug-likeness (QED) is 0.773. The van der Waals surface area contributed by atoms with E-state index in [4.69, 9.17) is 9.47 Å². The molecule has 4 heteroatoms. The summed E-state index contributed by atoms with van der Waals surface area (Å²) in [5.74, 6) is 0.829. The highest BCUT2D eigenvalue weighted by molar-refractivity contribution is 5.66. The van der Waals surface area contributed by atoms with E-state index < -0.39 is 6.09 Å². The molecule has 0 spiro atoms. The molecule has 0 unspecified atom stereocenters. The lowest BCUT2D eigenvalue weighted by atomic mass is 10.2. The minimum atomic E-state index is -0.404. The molecule has 1 aromatic rings. The molecule has 0 aromatic heterocycles. The molecule has 1 rings (SSSR count). The van der Waals surface area contributed by atoms with Crippen LogP contribution in [0.2, 0.25) is 0 Å². The summed E-state index contributed by atoms with van der Waals surface area (Å²) in [5.41, 5.74) is 1.24. The molecule has 1 aromatic carbocycles. The van der Waals surface area contributed by atoms with Crippen molar-refractivity contribution in [2.45, 2.75) is 20.3 Å². The van der Waals surface area contributed by atoms with Crippen molar-refractivity contribution >= 4 is 6.09 Å². The minimum absolute atomic E-state index is 0.380. The van der Waals surface area contributed by atoms with Gasteiger partial charge in [-0.25, -0.2) is 4.79 Å². The van der Waals surface area contributed by atoms with E-state index in [9.17, 15) is 4.79 Å². The third kappa shape index (κ3) is 5.24. The Morgan fingerprint density at radius 3 is 2.88 bits per heavy atom. The summed E-state index contributed by atoms with van der Waals surface area (Å²) < 4.78 is 10.2. The minimum Gasteiger partial charge on any atom is -0.492 e. The number of ether oxygens (including phenoxy) is 2. The molecule has 0 saturated heterocycles. The lowest BCUT2D eigenvalue weighted by molar-refractivity contribution is 0.150. The molecule has 17 heavy (non-hydrogen) atoms. The third-order valence-electron chi connectivity index (χ3n) is 2.22. The van der Waals surface area contributed by atoms with Crippen LogP contribution in [0, 0.1) is 0 Å². The molecular weight excluding hydrogens is 218 g/mol. The van der Waals surface area contributed by atoms with Gasteiger partial charge in [-0.15, -0.1) is 0 Å². The maximum Gasteiger partial charge on any atom is 0.407 e. The Balaban J connectivity index is 2.24. The molecule has 0 aliphatic heterocycles. The Bertz CT molecular complexity index is 352. The largest absolute Gasteiger partial charge is 0.492 e. The predicted octanol–water partition coefficient (Wildman–Crippen LogP) is 2.37. The number of nitrogens with one attached hydrogen (secondary N) is 1. The van der Waals surface area contributed by atoms with Crippen molar-refractivity contribution in [3.8, 4) is 5.75 Å². The zero-order valence-electron chi connectivity index (χ0n) is 10.4. The van der Waals surface area contributed by atoms with Gasteiger partial charge in [-0.3, -0.25) is 0 Å². The van der Waals surface area contributed by atoms with Crippen molar-refractivity contribution in [2.24, 2.45) is 0 Å². The van der Waals surface area contributed by atoms with E-state index in [1.807, 2.05) is 18.2 Å². The topological polar surface area (TPSA) is 47.6 Å². The van der Waals surface area contributed by atoms with Crippen molar-refractivity contribution in [3.63, 3.8) is 0 Å². The van der Waals surface area contributed by atoms with Gasteiger partial charge in [0, 0.05) is 0 Å². The Labute approximate surface area is 102 Å². The number of amides is 1. The standard InChI is InChI=1S/C13H19NO3/c1-3-11-6-5-7-12(10-11)17-9-8-14-13(15)16-4-2/h5-7,10H,3-4,8-9H2,1-2H3,(H,14,15). The van der Waals surface area contributed by atoms with Crippen LogP contribution in [0.25, 0.3) is 0 Å². The monoisotopic (exact) mass is 237 g/mol. The normalized spacial score (nSPS) is 9.76. The van der Waals surface area contributed by atoms with Crippen molar-refractivity contribution < 1.29 is 14.3 Å². The second-order valence-electron chi connectivity index (χ2n) is 3.50. The molecule has 0 heterocycles. The molecule has 0 aliphatic carbocycles. The summed E-state index contributed by atoms with van der Waals surface area (Å²) in [6.45, 7) is 5.13. The summed E-state index contributed by atoms with van der Waals surface area (Å²) >= 11 is 0. The molecule has 0 aliphatic rings. The van der Waals surface area contributed by atoms with Gasteiger partial charge in [0.15, 0.2) is 0 Å². The molecule has 0 atom stereocenters. The van der Waals surface area contributed by atoms with Crippen molar-refractivity contribution in [3.05, 3.63) is 29.8 Å². The van der Waals surface area contributed by atoms with E-state index >= 15 is 0 Å². The van der Waals surface area contributed by atoms with Gasteiger partial charge in [0.1, 0.15) is 12.4 Å². The average molecular weight is 237 g/mol. The smallest absolute Gasteiger partial charge is 0.407 e. The van der Waals surface area contributed by atoms with Crippen LogP contribution in [0.1, 0.15) is 19.4 Å². The number of hydrogen-bond donors (Lipinski definition) is 1. The summed E-state index contributed by atoms with van der Waals surface area (Å²) in [4.78, 5) is 11.0. The lowest BCUT2D eigenvalue weighted by Gasteiger charge is -2.08. The lowest BCUT2D eigenvalue weighted by Crippen LogP contribution is -2.28. The maximum absolute atomic E-state index is 11.0. The summed E-state index contributed by atoms with van der Waals surface area (Å²) in [5, 5.41) is 2.60. The Kier molecular flexibility index (Phi) is 5.93. The molecule has 0 radical (unpaired) electrons. The molecular formula is C13H19NO3. The van der Waals surface area contributed by atoms with Gasteiger partial charge in [0.25, 0.3) is 0 Å². The van der Waals surface area contributed by atoms with Gasteiger partial charge in [0.05, 0.1) is 13.2 Å². The molecule has 0 fully saturated rings. The molecule has 4 nitrogen and oxygen atoms in total. The van der Waals surface area contributed by atoms with Crippen molar-refractivity contribution in [1.82, 2.24) is 5.32 Å². The van der Waals surface area contributed by atoms with Crippen molar-refractivity contribution in [2.75, 3.05) is 19.8 Å². The van der Waals surface area contributed by atoms with Gasteiger partial charge < -0.3 is 14.8 Å². The van der Waals surface area contributed by atoms with E-state index in [0.717, 1.165) is 12.2 Å². The van der Waals surface area contributed by atoms with Crippen LogP contribution in [0.15, 0.2) is 24.3 Å². The number of rotatable bonds is 6. The summed E-state index contributed by atoms with van der Waals surface area (Å²) in [6, 6.07) is 7.94. The first-order valence-electron chi connectivity index (χ1n) is 5.88. The Morgan fingerprint density at radius 2 is 2.18 bits per heavy atom. The fourth-order valence-electron chi connectivity index (χ4n) is 1.36. The fraction of sp³-hybridized carbons (Fsp3) is 0.462. The van der Waals surface area contributed by atoms with Crippen LogP contribution < -0.4 is 10.1 Å². The highest BCUT2D eigenvalue weighted by atomic mass is 16.5. The van der Waals surface area contributed by atoms with Crippen LogP contribution in [0.5, 0.6) is 5.75 Å². The molecule has 1 amide bonds. The second-order valence-corrected chi connectivity index (χ2v) is 3.50. The summed E-state index contributed by atoms with van der Waals surface area (Å²) in [7, 11) is 0. The first kappa shape index (κ1) is 13.4. The molecule has 1 N–H and O–H groups in total. The Morgan fingerprint density at radius 1 is 1.35 bits per heavy atom. The number of aryl methyl sites for hydroxylation is 1. The average Bonchev–Trinajstić information content (AvgIpc) is 2.35. The van der Waals surface area contributed by atoms with E-state index in [1.165, 1.54) is 5.56 Å². The van der Waals surface area contributed by atoms with Gasteiger partial charge in [-0.05, 0) is 31.0 Å². The third-order valence-corrected chi connectivity index (χ3v) is 2.22. The van der Waals surface area contributed by atoms with Crippen LogP contribution in [-0.2, 0) is 11.2 Å². The van der Waals surface area contributed by atoms with E-state index in [0.29, 0.717) is 19.8 Å². The number of benzene rings is 1. The maximum atomic E-state index is 11.0. The zero-order chi connectivity index (χ0) is 12.5. The highest BCUT2D eigenvalue weighted by Gasteiger charge is 1.99. The number of hydrogen-bond acceptors (Lipinski definition) is 3. The van der Waals surface area contributed by atoms with E-state index in [-0.39, 0.29) is 0 Å². The SMILES string of the molecule is CCOC(=O)NCCOc1cccc(CC)c1. The number of carbonyl (C=O) groups is 1. The second kappa shape index (κ2) is 7.54.